The fourth-order valence-electron chi connectivity index (χ4n) is 2.69. The first-order chi connectivity index (χ1) is 13.4. The normalized spacial score (nSPS) is 11.6. The smallest absolute Gasteiger partial charge is 0.254 e. The molecule has 28 heavy (non-hydrogen) atoms. The highest BCUT2D eigenvalue weighted by Crippen LogP contribution is 2.27. The Kier molecular flexibility index (Phi) is 7.37. The average molecular weight is 388 g/mol. The lowest BCUT2D eigenvalue weighted by Gasteiger charge is -2.22. The first kappa shape index (κ1) is 21.2. The van der Waals surface area contributed by atoms with Gasteiger partial charge in [-0.25, -0.2) is 4.39 Å². The highest BCUT2D eigenvalue weighted by atomic mass is 19.1. The van der Waals surface area contributed by atoms with Crippen molar-refractivity contribution in [2.75, 3.05) is 14.2 Å². The Bertz CT molecular complexity index is 839. The third kappa shape index (κ3) is 5.22. The van der Waals surface area contributed by atoms with E-state index in [0.29, 0.717) is 11.5 Å². The highest BCUT2D eigenvalue weighted by Gasteiger charge is 2.25. The van der Waals surface area contributed by atoms with Gasteiger partial charge in [0.1, 0.15) is 11.9 Å². The minimum absolute atomic E-state index is 0.0964. The minimum Gasteiger partial charge on any atom is -0.493 e. The molecule has 2 N–H and O–H groups in total. The van der Waals surface area contributed by atoms with Crippen molar-refractivity contribution in [2.24, 2.45) is 5.92 Å². The third-order valence-electron chi connectivity index (χ3n) is 4.27. The second kappa shape index (κ2) is 9.73. The molecular formula is C21H25FN2O4. The van der Waals surface area contributed by atoms with Crippen LogP contribution in [0.4, 0.5) is 4.39 Å². The number of ether oxygens (including phenoxy) is 2. The molecule has 0 saturated heterocycles. The van der Waals surface area contributed by atoms with E-state index < -0.39 is 17.8 Å². The molecule has 2 aromatic carbocycles. The van der Waals surface area contributed by atoms with E-state index in [-0.39, 0.29) is 23.9 Å². The molecule has 0 spiro atoms. The van der Waals surface area contributed by atoms with Crippen LogP contribution in [0, 0.1) is 11.7 Å². The SMILES string of the molecule is COc1ccc(CNC(=O)[C@@H](NC(=O)c2ccccc2F)C(C)C)cc1OC. The van der Waals surface area contributed by atoms with Crippen LogP contribution in [-0.2, 0) is 11.3 Å². The maximum absolute atomic E-state index is 13.8. The van der Waals surface area contributed by atoms with Crippen molar-refractivity contribution < 1.29 is 23.5 Å². The summed E-state index contributed by atoms with van der Waals surface area (Å²) in [6.45, 7) is 3.86. The van der Waals surface area contributed by atoms with E-state index in [1.807, 2.05) is 19.9 Å². The summed E-state index contributed by atoms with van der Waals surface area (Å²) in [6, 6.07) is 10.2. The van der Waals surface area contributed by atoms with Crippen LogP contribution in [0.25, 0.3) is 0 Å². The van der Waals surface area contributed by atoms with Crippen LogP contribution in [0.2, 0.25) is 0 Å². The molecule has 2 amide bonds. The van der Waals surface area contributed by atoms with Gasteiger partial charge in [0.05, 0.1) is 19.8 Å². The molecule has 0 fully saturated rings. The standard InChI is InChI=1S/C21H25FN2O4/c1-13(2)19(24-20(25)15-7-5-6-8-16(15)22)21(26)23-12-14-9-10-17(27-3)18(11-14)28-4/h5-11,13,19H,12H2,1-4H3,(H,23,26)(H,24,25)/t19-/m0/s1. The number of carbonyl (C=O) groups is 2. The highest BCUT2D eigenvalue weighted by molar-refractivity contribution is 5.97. The number of hydrogen-bond acceptors (Lipinski definition) is 4. The molecule has 0 aliphatic rings. The zero-order chi connectivity index (χ0) is 20.7. The van der Waals surface area contributed by atoms with Crippen LogP contribution < -0.4 is 20.1 Å². The first-order valence-electron chi connectivity index (χ1n) is 8.91. The number of benzene rings is 2. The van der Waals surface area contributed by atoms with E-state index in [2.05, 4.69) is 10.6 Å². The predicted octanol–water partition coefficient (Wildman–Crippen LogP) is 2.91. The van der Waals surface area contributed by atoms with E-state index in [4.69, 9.17) is 9.47 Å². The second-order valence-corrected chi connectivity index (χ2v) is 6.58. The summed E-state index contributed by atoms with van der Waals surface area (Å²) in [5, 5.41) is 5.41. The van der Waals surface area contributed by atoms with Crippen LogP contribution in [0.5, 0.6) is 11.5 Å². The molecule has 0 radical (unpaired) electrons. The van der Waals surface area contributed by atoms with Crippen LogP contribution >= 0.6 is 0 Å². The summed E-state index contributed by atoms with van der Waals surface area (Å²) in [5.74, 6) is -0.640. The maximum Gasteiger partial charge on any atom is 0.254 e. The number of halogens is 1. The summed E-state index contributed by atoms with van der Waals surface area (Å²) in [4.78, 5) is 25.0. The van der Waals surface area contributed by atoms with Crippen LogP contribution in [-0.4, -0.2) is 32.1 Å². The van der Waals surface area contributed by atoms with Crippen LogP contribution in [0.1, 0.15) is 29.8 Å². The number of methoxy groups -OCH3 is 2. The van der Waals surface area contributed by atoms with Gasteiger partial charge in [0.25, 0.3) is 5.91 Å². The molecule has 0 aliphatic carbocycles. The molecule has 2 aromatic rings. The lowest BCUT2D eigenvalue weighted by molar-refractivity contribution is -0.124. The van der Waals surface area contributed by atoms with Crippen molar-refractivity contribution >= 4 is 11.8 Å². The zero-order valence-corrected chi connectivity index (χ0v) is 16.4. The van der Waals surface area contributed by atoms with E-state index in [1.54, 1.807) is 25.3 Å². The molecule has 7 heteroatoms. The lowest BCUT2D eigenvalue weighted by Crippen LogP contribution is -2.49. The maximum atomic E-state index is 13.8. The zero-order valence-electron chi connectivity index (χ0n) is 16.4. The van der Waals surface area contributed by atoms with Gasteiger partial charge in [-0.15, -0.1) is 0 Å². The van der Waals surface area contributed by atoms with Gasteiger partial charge in [-0.2, -0.15) is 0 Å². The van der Waals surface area contributed by atoms with Crippen molar-refractivity contribution in [2.45, 2.75) is 26.4 Å². The van der Waals surface area contributed by atoms with E-state index in [0.717, 1.165) is 5.56 Å². The summed E-state index contributed by atoms with van der Waals surface area (Å²) < 4.78 is 24.3. The first-order valence-corrected chi connectivity index (χ1v) is 8.91. The Labute approximate surface area is 164 Å². The van der Waals surface area contributed by atoms with E-state index in [9.17, 15) is 14.0 Å². The monoisotopic (exact) mass is 388 g/mol. The third-order valence-corrected chi connectivity index (χ3v) is 4.27. The van der Waals surface area contributed by atoms with E-state index >= 15 is 0 Å². The molecule has 0 saturated carbocycles. The average Bonchev–Trinajstić information content (AvgIpc) is 2.69. The fourth-order valence-corrected chi connectivity index (χ4v) is 2.69. The molecule has 0 heterocycles. The molecule has 2 rings (SSSR count). The number of carbonyl (C=O) groups excluding carboxylic acids is 2. The molecular weight excluding hydrogens is 363 g/mol. The second-order valence-electron chi connectivity index (χ2n) is 6.58. The topological polar surface area (TPSA) is 76.7 Å². The van der Waals surface area contributed by atoms with Crippen LogP contribution in [0.15, 0.2) is 42.5 Å². The number of amides is 2. The van der Waals surface area contributed by atoms with Gasteiger partial charge in [-0.3, -0.25) is 9.59 Å². The Morgan fingerprint density at radius 3 is 2.32 bits per heavy atom. The van der Waals surface area contributed by atoms with Gasteiger partial charge in [-0.1, -0.05) is 32.0 Å². The van der Waals surface area contributed by atoms with Gasteiger partial charge in [0, 0.05) is 6.54 Å². The molecule has 0 aromatic heterocycles. The van der Waals surface area contributed by atoms with Crippen LogP contribution in [0.3, 0.4) is 0 Å². The van der Waals surface area contributed by atoms with Gasteiger partial charge >= 0.3 is 0 Å². The largest absolute Gasteiger partial charge is 0.493 e. The van der Waals surface area contributed by atoms with Gasteiger partial charge in [0.15, 0.2) is 11.5 Å². The number of hydrogen-bond donors (Lipinski definition) is 2. The van der Waals surface area contributed by atoms with Gasteiger partial charge < -0.3 is 20.1 Å². The number of nitrogens with one attached hydrogen (secondary N) is 2. The Hall–Kier alpha value is -3.09. The summed E-state index contributed by atoms with van der Waals surface area (Å²) in [6.07, 6.45) is 0. The number of rotatable bonds is 8. The summed E-state index contributed by atoms with van der Waals surface area (Å²) >= 11 is 0. The molecule has 0 bridgehead atoms. The van der Waals surface area contributed by atoms with Gasteiger partial charge in [0.2, 0.25) is 5.91 Å². The molecule has 0 unspecified atom stereocenters. The summed E-state index contributed by atoms with van der Waals surface area (Å²) in [5.41, 5.74) is 0.717. The Morgan fingerprint density at radius 1 is 1.04 bits per heavy atom. The van der Waals surface area contributed by atoms with Crippen molar-refractivity contribution in [3.63, 3.8) is 0 Å². The van der Waals surface area contributed by atoms with Gasteiger partial charge in [-0.05, 0) is 35.7 Å². The molecule has 150 valence electrons. The molecule has 6 nitrogen and oxygen atoms in total. The van der Waals surface area contributed by atoms with Crippen molar-refractivity contribution in [3.8, 4) is 11.5 Å². The van der Waals surface area contributed by atoms with Crippen molar-refractivity contribution in [1.82, 2.24) is 10.6 Å². The Morgan fingerprint density at radius 2 is 1.71 bits per heavy atom. The predicted molar refractivity (Wildman–Crippen MR) is 104 cm³/mol. The molecule has 1 atom stereocenters. The lowest BCUT2D eigenvalue weighted by atomic mass is 10.0. The summed E-state index contributed by atoms with van der Waals surface area (Å²) in [7, 11) is 3.08. The van der Waals surface area contributed by atoms with Crippen molar-refractivity contribution in [3.05, 3.63) is 59.4 Å². The van der Waals surface area contributed by atoms with E-state index in [1.165, 1.54) is 25.3 Å². The Balaban J connectivity index is 2.05. The minimum atomic E-state index is -0.799. The quantitative estimate of drug-likeness (QED) is 0.729. The van der Waals surface area contributed by atoms with Crippen molar-refractivity contribution in [1.29, 1.82) is 0 Å². The molecule has 0 aliphatic heterocycles. The fraction of sp³-hybridized carbons (Fsp3) is 0.333.